The molecule has 0 aliphatic heterocycles. The molecule has 4 aromatic rings. The molecule has 0 aliphatic carbocycles. The predicted octanol–water partition coefficient (Wildman–Crippen LogP) is 3.80. The van der Waals surface area contributed by atoms with E-state index in [0.717, 1.165) is 32.8 Å². The number of hydrogen-bond donors (Lipinski definition) is 1. The average Bonchev–Trinajstić information content (AvgIpc) is 2.94. The van der Waals surface area contributed by atoms with Gasteiger partial charge in [0, 0.05) is 22.4 Å². The Morgan fingerprint density at radius 2 is 1.91 bits per heavy atom. The van der Waals surface area contributed by atoms with Crippen LogP contribution >= 0.6 is 15.9 Å². The summed E-state index contributed by atoms with van der Waals surface area (Å²) in [6.45, 7) is 0. The van der Waals surface area contributed by atoms with Crippen molar-refractivity contribution in [2.45, 2.75) is 0 Å². The Balaban J connectivity index is 2.06. The van der Waals surface area contributed by atoms with Crippen LogP contribution in [0.15, 0.2) is 65.4 Å². The van der Waals surface area contributed by atoms with Crippen LogP contribution in [0, 0.1) is 0 Å². The fourth-order valence-electron chi connectivity index (χ4n) is 2.58. The molecule has 1 aromatic carbocycles. The van der Waals surface area contributed by atoms with E-state index >= 15 is 0 Å². The van der Waals surface area contributed by atoms with Gasteiger partial charge in [0.15, 0.2) is 0 Å². The van der Waals surface area contributed by atoms with Gasteiger partial charge in [0.2, 0.25) is 5.95 Å². The third-order valence-corrected chi connectivity index (χ3v) is 4.04. The summed E-state index contributed by atoms with van der Waals surface area (Å²) < 4.78 is 3.01. The number of fused-ring (bicyclic) bond motifs is 1. The highest BCUT2D eigenvalue weighted by Gasteiger charge is 2.17. The molecular weight excluding hydrogens is 354 g/mol. The third-order valence-electron chi connectivity index (χ3n) is 3.54. The smallest absolute Gasteiger partial charge is 0.220 e. The molecule has 6 heteroatoms. The molecule has 0 radical (unpaired) electrons. The Morgan fingerprint density at radius 3 is 2.74 bits per heavy atom. The first kappa shape index (κ1) is 13.9. The lowest BCUT2D eigenvalue weighted by Crippen LogP contribution is -1.98. The monoisotopic (exact) mass is 365 g/mol. The molecular formula is C17H12BrN5. The van der Waals surface area contributed by atoms with Crippen molar-refractivity contribution >= 4 is 27.5 Å². The summed E-state index contributed by atoms with van der Waals surface area (Å²) in [5, 5.41) is 0. The summed E-state index contributed by atoms with van der Waals surface area (Å²) in [7, 11) is 0. The average molecular weight is 366 g/mol. The summed E-state index contributed by atoms with van der Waals surface area (Å²) in [6, 6.07) is 15.8. The number of nitrogens with two attached hydrogens (primary N) is 1. The van der Waals surface area contributed by atoms with E-state index in [1.807, 2.05) is 59.1 Å². The molecule has 0 fully saturated rings. The van der Waals surface area contributed by atoms with Crippen LogP contribution in [0.5, 0.6) is 0 Å². The Bertz CT molecular complexity index is 1010. The largest absolute Gasteiger partial charge is 0.368 e. The van der Waals surface area contributed by atoms with Gasteiger partial charge in [-0.05, 0) is 30.3 Å². The summed E-state index contributed by atoms with van der Waals surface area (Å²) in [6.07, 6.45) is 3.63. The predicted molar refractivity (Wildman–Crippen MR) is 93.8 cm³/mol. The number of rotatable bonds is 2. The maximum atomic E-state index is 5.76. The van der Waals surface area contributed by atoms with Crippen molar-refractivity contribution in [2.24, 2.45) is 0 Å². The molecule has 0 saturated carbocycles. The second kappa shape index (κ2) is 5.48. The molecule has 0 bridgehead atoms. The Kier molecular flexibility index (Phi) is 3.31. The highest BCUT2D eigenvalue weighted by molar-refractivity contribution is 9.10. The molecule has 3 heterocycles. The Hall–Kier alpha value is -2.73. The maximum absolute atomic E-state index is 5.76. The van der Waals surface area contributed by atoms with Crippen molar-refractivity contribution in [1.82, 2.24) is 19.4 Å². The van der Waals surface area contributed by atoms with Gasteiger partial charge >= 0.3 is 0 Å². The SMILES string of the molecule is Nc1nccc(-c2c(-c3cccc(Br)c3)nc3ccccn23)n1. The molecule has 23 heavy (non-hydrogen) atoms. The molecule has 4 rings (SSSR count). The van der Waals surface area contributed by atoms with E-state index in [4.69, 9.17) is 10.7 Å². The number of imidazole rings is 1. The number of anilines is 1. The fraction of sp³-hybridized carbons (Fsp3) is 0. The zero-order chi connectivity index (χ0) is 15.8. The summed E-state index contributed by atoms with van der Waals surface area (Å²) in [5.41, 5.74) is 10.1. The van der Waals surface area contributed by atoms with E-state index < -0.39 is 0 Å². The molecule has 0 unspecified atom stereocenters. The first-order valence-electron chi connectivity index (χ1n) is 7.04. The van der Waals surface area contributed by atoms with Gasteiger partial charge in [0.1, 0.15) is 5.65 Å². The van der Waals surface area contributed by atoms with Crippen molar-refractivity contribution in [2.75, 3.05) is 5.73 Å². The highest BCUT2D eigenvalue weighted by atomic mass is 79.9. The number of nitrogens with zero attached hydrogens (tertiary/aromatic N) is 4. The fourth-order valence-corrected chi connectivity index (χ4v) is 2.98. The molecule has 0 atom stereocenters. The van der Waals surface area contributed by atoms with E-state index in [2.05, 4.69) is 25.9 Å². The first-order valence-corrected chi connectivity index (χ1v) is 7.83. The zero-order valence-electron chi connectivity index (χ0n) is 12.0. The second-order valence-corrected chi connectivity index (χ2v) is 5.96. The van der Waals surface area contributed by atoms with Crippen molar-refractivity contribution in [3.8, 4) is 22.6 Å². The van der Waals surface area contributed by atoms with Gasteiger partial charge in [0.25, 0.3) is 0 Å². The minimum atomic E-state index is 0.244. The number of halogens is 1. The molecule has 0 amide bonds. The van der Waals surface area contributed by atoms with Gasteiger partial charge in [-0.3, -0.25) is 4.40 Å². The van der Waals surface area contributed by atoms with E-state index in [0.29, 0.717) is 0 Å². The quantitative estimate of drug-likeness (QED) is 0.586. The minimum Gasteiger partial charge on any atom is -0.368 e. The van der Waals surface area contributed by atoms with E-state index in [9.17, 15) is 0 Å². The molecule has 0 aliphatic rings. The van der Waals surface area contributed by atoms with E-state index in [1.54, 1.807) is 6.20 Å². The second-order valence-electron chi connectivity index (χ2n) is 5.05. The van der Waals surface area contributed by atoms with Gasteiger partial charge in [-0.25, -0.2) is 15.0 Å². The van der Waals surface area contributed by atoms with Crippen LogP contribution < -0.4 is 5.73 Å². The third kappa shape index (κ3) is 2.47. The summed E-state index contributed by atoms with van der Waals surface area (Å²) >= 11 is 3.52. The molecule has 112 valence electrons. The van der Waals surface area contributed by atoms with Crippen molar-refractivity contribution in [3.63, 3.8) is 0 Å². The molecule has 3 aromatic heterocycles. The minimum absolute atomic E-state index is 0.244. The van der Waals surface area contributed by atoms with Gasteiger partial charge in [-0.15, -0.1) is 0 Å². The molecule has 0 spiro atoms. The van der Waals surface area contributed by atoms with Gasteiger partial charge in [-0.2, -0.15) is 0 Å². The number of hydrogen-bond acceptors (Lipinski definition) is 4. The number of aromatic nitrogens is 4. The van der Waals surface area contributed by atoms with Crippen LogP contribution in [0.2, 0.25) is 0 Å². The van der Waals surface area contributed by atoms with E-state index in [-0.39, 0.29) is 5.95 Å². The maximum Gasteiger partial charge on any atom is 0.220 e. The summed E-state index contributed by atoms with van der Waals surface area (Å²) in [5.74, 6) is 0.244. The lowest BCUT2D eigenvalue weighted by Gasteiger charge is -2.05. The molecule has 2 N–H and O–H groups in total. The van der Waals surface area contributed by atoms with Crippen LogP contribution in [0.1, 0.15) is 0 Å². The van der Waals surface area contributed by atoms with Crippen LogP contribution in [-0.4, -0.2) is 19.4 Å². The highest BCUT2D eigenvalue weighted by Crippen LogP contribution is 2.32. The van der Waals surface area contributed by atoms with Crippen LogP contribution in [0.3, 0.4) is 0 Å². The summed E-state index contributed by atoms with van der Waals surface area (Å²) in [4.78, 5) is 13.1. The van der Waals surface area contributed by atoms with Gasteiger partial charge in [0.05, 0.1) is 17.1 Å². The lowest BCUT2D eigenvalue weighted by atomic mass is 10.1. The molecule has 5 nitrogen and oxygen atoms in total. The Labute approximate surface area is 141 Å². The number of benzene rings is 1. The zero-order valence-corrected chi connectivity index (χ0v) is 13.6. The van der Waals surface area contributed by atoms with E-state index in [1.165, 1.54) is 0 Å². The van der Waals surface area contributed by atoms with Crippen LogP contribution in [0.4, 0.5) is 5.95 Å². The Morgan fingerprint density at radius 1 is 1.00 bits per heavy atom. The standard InChI is InChI=1S/C17H12BrN5/c18-12-5-3-4-11(10-12)15-16(13-7-8-20-17(19)21-13)23-9-2-1-6-14(23)22-15/h1-10H,(H2,19,20,21). The number of nitrogen functional groups attached to an aromatic ring is 1. The van der Waals surface area contributed by atoms with Crippen molar-refractivity contribution in [3.05, 3.63) is 65.4 Å². The molecule has 0 saturated heterocycles. The number of pyridine rings is 1. The van der Waals surface area contributed by atoms with Crippen LogP contribution in [-0.2, 0) is 0 Å². The van der Waals surface area contributed by atoms with Gasteiger partial charge < -0.3 is 5.73 Å². The van der Waals surface area contributed by atoms with Crippen LogP contribution in [0.25, 0.3) is 28.3 Å². The van der Waals surface area contributed by atoms with Crippen molar-refractivity contribution in [1.29, 1.82) is 0 Å². The first-order chi connectivity index (χ1) is 11.2. The van der Waals surface area contributed by atoms with Crippen molar-refractivity contribution < 1.29 is 0 Å². The topological polar surface area (TPSA) is 69.1 Å². The van der Waals surface area contributed by atoms with Gasteiger partial charge in [-0.1, -0.05) is 34.1 Å². The normalized spacial score (nSPS) is 11.0. The lowest BCUT2D eigenvalue weighted by molar-refractivity contribution is 1.14.